The van der Waals surface area contributed by atoms with E-state index < -0.39 is 11.6 Å². The molecule has 0 aliphatic carbocycles. The first-order valence-corrected chi connectivity index (χ1v) is 6.92. The Morgan fingerprint density at radius 2 is 2.00 bits per heavy atom. The largest absolute Gasteiger partial charge is 0.353 e. The number of nitrogens with zero attached hydrogens (tertiary/aromatic N) is 1. The molecule has 0 aliphatic rings. The third-order valence-corrected chi connectivity index (χ3v) is 2.87. The number of pyridine rings is 1. The zero-order chi connectivity index (χ0) is 16.1. The summed E-state index contributed by atoms with van der Waals surface area (Å²) in [5.74, 6) is -1.32. The summed E-state index contributed by atoms with van der Waals surface area (Å²) >= 11 is 0. The Morgan fingerprint density at radius 1 is 1.23 bits per heavy atom. The van der Waals surface area contributed by atoms with Crippen LogP contribution in [0.15, 0.2) is 36.5 Å². The van der Waals surface area contributed by atoms with Crippen molar-refractivity contribution in [2.24, 2.45) is 5.92 Å². The maximum Gasteiger partial charge on any atom is 0.269 e. The van der Waals surface area contributed by atoms with E-state index in [2.05, 4.69) is 15.6 Å². The Morgan fingerprint density at radius 3 is 2.68 bits per heavy atom. The lowest BCUT2D eigenvalue weighted by molar-refractivity contribution is 0.0944. The first-order valence-electron chi connectivity index (χ1n) is 6.92. The molecule has 2 aromatic rings. The average Bonchev–Trinajstić information content (AvgIpc) is 2.48. The fourth-order valence-corrected chi connectivity index (χ4v) is 1.77. The Balaban J connectivity index is 2.12. The summed E-state index contributed by atoms with van der Waals surface area (Å²) in [6.45, 7) is 4.52. The van der Waals surface area contributed by atoms with Crippen LogP contribution in [-0.4, -0.2) is 17.4 Å². The van der Waals surface area contributed by atoms with Gasteiger partial charge in [-0.3, -0.25) is 9.78 Å². The summed E-state index contributed by atoms with van der Waals surface area (Å²) in [5, 5.41) is 5.55. The van der Waals surface area contributed by atoms with Gasteiger partial charge in [-0.25, -0.2) is 8.78 Å². The van der Waals surface area contributed by atoms with Crippen LogP contribution in [0, 0.1) is 17.6 Å². The van der Waals surface area contributed by atoms with Crippen molar-refractivity contribution in [3.8, 4) is 0 Å². The molecule has 0 fully saturated rings. The molecule has 0 saturated carbocycles. The van der Waals surface area contributed by atoms with Gasteiger partial charge in [0.2, 0.25) is 0 Å². The SMILES string of the molecule is CC(C)CNC(=O)c1cc(Nc2ccc(F)cc2F)ccn1. The van der Waals surface area contributed by atoms with E-state index in [1.807, 2.05) is 13.8 Å². The second kappa shape index (κ2) is 6.98. The van der Waals surface area contributed by atoms with Crippen molar-refractivity contribution >= 4 is 17.3 Å². The number of aromatic nitrogens is 1. The fourth-order valence-electron chi connectivity index (χ4n) is 1.77. The molecule has 0 aliphatic heterocycles. The molecule has 1 aromatic carbocycles. The van der Waals surface area contributed by atoms with Crippen LogP contribution in [0.25, 0.3) is 0 Å². The molecule has 0 atom stereocenters. The Labute approximate surface area is 127 Å². The van der Waals surface area contributed by atoms with Gasteiger partial charge in [-0.05, 0) is 30.2 Å². The number of halogens is 2. The number of hydrogen-bond donors (Lipinski definition) is 2. The van der Waals surface area contributed by atoms with Crippen LogP contribution in [0.1, 0.15) is 24.3 Å². The molecule has 4 nitrogen and oxygen atoms in total. The molecule has 0 spiro atoms. The standard InChI is InChI=1S/C16H17F2N3O/c1-10(2)9-20-16(22)15-8-12(5-6-19-15)21-14-4-3-11(17)7-13(14)18/h3-8,10H,9H2,1-2H3,(H,19,21)(H,20,22). The number of carbonyl (C=O) groups excluding carboxylic acids is 1. The van der Waals surface area contributed by atoms with Crippen molar-refractivity contribution in [2.75, 3.05) is 11.9 Å². The maximum absolute atomic E-state index is 13.6. The molecule has 0 bridgehead atoms. The highest BCUT2D eigenvalue weighted by Gasteiger charge is 2.09. The maximum atomic E-state index is 13.6. The van der Waals surface area contributed by atoms with Crippen molar-refractivity contribution in [1.82, 2.24) is 10.3 Å². The third kappa shape index (κ3) is 4.25. The number of hydrogen-bond acceptors (Lipinski definition) is 3. The first kappa shape index (κ1) is 15.9. The van der Waals surface area contributed by atoms with Crippen molar-refractivity contribution in [3.05, 3.63) is 53.9 Å². The molecular weight excluding hydrogens is 288 g/mol. The van der Waals surface area contributed by atoms with E-state index in [-0.39, 0.29) is 17.3 Å². The first-order chi connectivity index (χ1) is 10.5. The average molecular weight is 305 g/mol. The fraction of sp³-hybridized carbons (Fsp3) is 0.250. The molecular formula is C16H17F2N3O. The highest BCUT2D eigenvalue weighted by atomic mass is 19.1. The third-order valence-electron chi connectivity index (χ3n) is 2.87. The minimum absolute atomic E-state index is 0.126. The normalized spacial score (nSPS) is 10.6. The van der Waals surface area contributed by atoms with Gasteiger partial charge < -0.3 is 10.6 Å². The van der Waals surface area contributed by atoms with Gasteiger partial charge in [0, 0.05) is 24.5 Å². The molecule has 22 heavy (non-hydrogen) atoms. The highest BCUT2D eigenvalue weighted by molar-refractivity contribution is 5.93. The predicted molar refractivity (Wildman–Crippen MR) is 81.0 cm³/mol. The zero-order valence-electron chi connectivity index (χ0n) is 12.4. The number of carbonyl (C=O) groups is 1. The van der Waals surface area contributed by atoms with Crippen molar-refractivity contribution in [2.45, 2.75) is 13.8 Å². The molecule has 0 radical (unpaired) electrons. The molecule has 2 N–H and O–H groups in total. The molecule has 2 rings (SSSR count). The van der Waals surface area contributed by atoms with Crippen LogP contribution in [0.5, 0.6) is 0 Å². The van der Waals surface area contributed by atoms with E-state index in [0.29, 0.717) is 18.2 Å². The van der Waals surface area contributed by atoms with Gasteiger partial charge in [0.1, 0.15) is 17.3 Å². The van der Waals surface area contributed by atoms with Crippen LogP contribution in [0.2, 0.25) is 0 Å². The minimum Gasteiger partial charge on any atom is -0.353 e. The molecule has 0 unspecified atom stereocenters. The summed E-state index contributed by atoms with van der Waals surface area (Å²) in [6.07, 6.45) is 1.45. The summed E-state index contributed by atoms with van der Waals surface area (Å²) in [4.78, 5) is 15.9. The van der Waals surface area contributed by atoms with Gasteiger partial charge in [0.15, 0.2) is 0 Å². The van der Waals surface area contributed by atoms with Crippen LogP contribution >= 0.6 is 0 Å². The van der Waals surface area contributed by atoms with Crippen LogP contribution in [0.3, 0.4) is 0 Å². The summed E-state index contributed by atoms with van der Waals surface area (Å²) < 4.78 is 26.5. The number of amides is 1. The van der Waals surface area contributed by atoms with Crippen molar-refractivity contribution < 1.29 is 13.6 Å². The smallest absolute Gasteiger partial charge is 0.269 e. The van der Waals surface area contributed by atoms with Gasteiger partial charge >= 0.3 is 0 Å². The Hall–Kier alpha value is -2.50. The predicted octanol–water partition coefficient (Wildman–Crippen LogP) is 3.49. The molecule has 0 saturated heterocycles. The molecule has 6 heteroatoms. The highest BCUT2D eigenvalue weighted by Crippen LogP contribution is 2.20. The summed E-state index contributed by atoms with van der Waals surface area (Å²) in [6, 6.07) is 6.35. The van der Waals surface area contributed by atoms with Gasteiger partial charge in [0.05, 0.1) is 5.69 Å². The van der Waals surface area contributed by atoms with Gasteiger partial charge in [0.25, 0.3) is 5.91 Å². The number of anilines is 2. The monoisotopic (exact) mass is 305 g/mol. The molecule has 1 amide bonds. The Kier molecular flexibility index (Phi) is 5.04. The van der Waals surface area contributed by atoms with E-state index in [1.165, 1.54) is 18.3 Å². The van der Waals surface area contributed by atoms with E-state index in [4.69, 9.17) is 0 Å². The lowest BCUT2D eigenvalue weighted by atomic mass is 10.2. The zero-order valence-corrected chi connectivity index (χ0v) is 12.4. The minimum atomic E-state index is -0.706. The van der Waals surface area contributed by atoms with Crippen LogP contribution in [-0.2, 0) is 0 Å². The number of rotatable bonds is 5. The molecule has 116 valence electrons. The van der Waals surface area contributed by atoms with Crippen LogP contribution < -0.4 is 10.6 Å². The van der Waals surface area contributed by atoms with E-state index in [9.17, 15) is 13.6 Å². The van der Waals surface area contributed by atoms with E-state index >= 15 is 0 Å². The number of benzene rings is 1. The lowest BCUT2D eigenvalue weighted by Crippen LogP contribution is -2.28. The summed E-state index contributed by atoms with van der Waals surface area (Å²) in [5.41, 5.74) is 0.851. The molecule has 1 aromatic heterocycles. The Bertz CT molecular complexity index is 674. The van der Waals surface area contributed by atoms with Gasteiger partial charge in [-0.2, -0.15) is 0 Å². The quantitative estimate of drug-likeness (QED) is 0.889. The van der Waals surface area contributed by atoms with E-state index in [0.717, 1.165) is 12.1 Å². The molecule has 1 heterocycles. The van der Waals surface area contributed by atoms with Gasteiger partial charge in [-0.15, -0.1) is 0 Å². The van der Waals surface area contributed by atoms with Crippen molar-refractivity contribution in [3.63, 3.8) is 0 Å². The van der Waals surface area contributed by atoms with E-state index in [1.54, 1.807) is 6.07 Å². The van der Waals surface area contributed by atoms with Crippen LogP contribution in [0.4, 0.5) is 20.2 Å². The summed E-state index contributed by atoms with van der Waals surface area (Å²) in [7, 11) is 0. The second-order valence-electron chi connectivity index (χ2n) is 5.28. The number of nitrogens with one attached hydrogen (secondary N) is 2. The van der Waals surface area contributed by atoms with Crippen molar-refractivity contribution in [1.29, 1.82) is 0 Å². The second-order valence-corrected chi connectivity index (χ2v) is 5.28. The lowest BCUT2D eigenvalue weighted by Gasteiger charge is -2.10. The van der Waals surface area contributed by atoms with Gasteiger partial charge in [-0.1, -0.05) is 13.8 Å². The topological polar surface area (TPSA) is 54.0 Å².